The van der Waals surface area contributed by atoms with Crippen LogP contribution in [0.3, 0.4) is 0 Å². The molecule has 0 atom stereocenters. The molecule has 0 unspecified atom stereocenters. The van der Waals surface area contributed by atoms with Crippen LogP contribution in [0.1, 0.15) is 43.1 Å². The van der Waals surface area contributed by atoms with Crippen molar-refractivity contribution < 1.29 is 8.78 Å². The Hall–Kier alpha value is -3.39. The number of hydrogen-bond donors (Lipinski definition) is 1. The van der Waals surface area contributed by atoms with Gasteiger partial charge in [-0.1, -0.05) is 25.1 Å². The lowest BCUT2D eigenvalue weighted by molar-refractivity contribution is 0.258. The summed E-state index contributed by atoms with van der Waals surface area (Å²) in [5.41, 5.74) is 11.7. The normalized spacial score (nSPS) is 18.6. The first kappa shape index (κ1) is 23.0. The SMILES string of the molecule is CC1(CN)CCN(c2cnc3c(n2)CN=C3N2CCCc3c(-c4ccc(F)c(F)c4)cccc32)CC1. The Labute approximate surface area is 209 Å². The van der Waals surface area contributed by atoms with Gasteiger partial charge in [0.1, 0.15) is 11.5 Å². The predicted octanol–water partition coefficient (Wildman–Crippen LogP) is 4.70. The quantitative estimate of drug-likeness (QED) is 0.579. The van der Waals surface area contributed by atoms with Gasteiger partial charge in [-0.2, -0.15) is 0 Å². The monoisotopic (exact) mass is 488 g/mol. The second kappa shape index (κ2) is 8.92. The molecule has 0 radical (unpaired) electrons. The number of rotatable bonds is 3. The minimum atomic E-state index is -0.835. The first-order valence-electron chi connectivity index (χ1n) is 12.7. The molecule has 6 rings (SSSR count). The van der Waals surface area contributed by atoms with E-state index in [1.807, 2.05) is 18.3 Å². The average Bonchev–Trinajstić information content (AvgIpc) is 3.33. The van der Waals surface area contributed by atoms with Gasteiger partial charge in [0.2, 0.25) is 0 Å². The van der Waals surface area contributed by atoms with E-state index in [4.69, 9.17) is 20.7 Å². The summed E-state index contributed by atoms with van der Waals surface area (Å²) in [5.74, 6) is 0.0722. The van der Waals surface area contributed by atoms with Crippen molar-refractivity contribution in [3.63, 3.8) is 0 Å². The van der Waals surface area contributed by atoms with Gasteiger partial charge in [-0.25, -0.2) is 18.7 Å². The average molecular weight is 489 g/mol. The molecule has 186 valence electrons. The number of amidine groups is 1. The maximum Gasteiger partial charge on any atom is 0.159 e. The summed E-state index contributed by atoms with van der Waals surface area (Å²) in [6.45, 7) is 6.16. The number of nitrogens with two attached hydrogens (primary N) is 1. The number of aliphatic imine (C=N–C) groups is 1. The van der Waals surface area contributed by atoms with E-state index in [2.05, 4.69) is 22.8 Å². The molecule has 0 spiro atoms. The lowest BCUT2D eigenvalue weighted by atomic mass is 9.80. The first-order chi connectivity index (χ1) is 17.5. The van der Waals surface area contributed by atoms with Gasteiger partial charge < -0.3 is 15.5 Å². The molecule has 0 saturated carbocycles. The second-order valence-electron chi connectivity index (χ2n) is 10.4. The zero-order valence-electron chi connectivity index (χ0n) is 20.5. The van der Waals surface area contributed by atoms with Crippen LogP contribution in [0.15, 0.2) is 47.6 Å². The van der Waals surface area contributed by atoms with Gasteiger partial charge in [-0.15, -0.1) is 0 Å². The lowest BCUT2D eigenvalue weighted by Crippen LogP contribution is -2.42. The highest BCUT2D eigenvalue weighted by Crippen LogP contribution is 2.38. The smallest absolute Gasteiger partial charge is 0.159 e. The Balaban J connectivity index is 1.28. The van der Waals surface area contributed by atoms with Gasteiger partial charge in [0.05, 0.1) is 18.4 Å². The number of halogens is 2. The summed E-state index contributed by atoms with van der Waals surface area (Å²) in [6.07, 6.45) is 5.76. The van der Waals surface area contributed by atoms with Crippen molar-refractivity contribution in [1.82, 2.24) is 9.97 Å². The van der Waals surface area contributed by atoms with Crippen LogP contribution in [0.4, 0.5) is 20.3 Å². The van der Waals surface area contributed by atoms with Crippen LogP contribution >= 0.6 is 0 Å². The van der Waals surface area contributed by atoms with E-state index >= 15 is 0 Å². The predicted molar refractivity (Wildman–Crippen MR) is 138 cm³/mol. The molecular weight excluding hydrogens is 458 g/mol. The van der Waals surface area contributed by atoms with Crippen molar-refractivity contribution in [2.75, 3.05) is 36.0 Å². The zero-order valence-corrected chi connectivity index (χ0v) is 20.5. The molecule has 2 aromatic carbocycles. The second-order valence-corrected chi connectivity index (χ2v) is 10.4. The highest BCUT2D eigenvalue weighted by Gasteiger charge is 2.32. The highest BCUT2D eigenvalue weighted by atomic mass is 19.2. The number of nitrogens with zero attached hydrogens (tertiary/aromatic N) is 5. The first-order valence-corrected chi connectivity index (χ1v) is 12.7. The van der Waals surface area contributed by atoms with Crippen molar-refractivity contribution in [3.05, 3.63) is 71.2 Å². The van der Waals surface area contributed by atoms with Crippen molar-refractivity contribution in [2.45, 2.75) is 39.2 Å². The number of piperidine rings is 1. The summed E-state index contributed by atoms with van der Waals surface area (Å²) in [7, 11) is 0. The maximum absolute atomic E-state index is 14.0. The van der Waals surface area contributed by atoms with Crippen molar-refractivity contribution in [1.29, 1.82) is 0 Å². The third-order valence-corrected chi connectivity index (χ3v) is 7.95. The molecular formula is C28H30F2N6. The van der Waals surface area contributed by atoms with Crippen LogP contribution in [-0.4, -0.2) is 42.0 Å². The third kappa shape index (κ3) is 3.93. The molecule has 3 aliphatic rings. The Morgan fingerprint density at radius 2 is 1.89 bits per heavy atom. The van der Waals surface area contributed by atoms with E-state index < -0.39 is 11.6 Å². The molecule has 3 aromatic rings. The van der Waals surface area contributed by atoms with E-state index in [0.29, 0.717) is 18.7 Å². The van der Waals surface area contributed by atoms with Crippen LogP contribution in [0, 0.1) is 17.0 Å². The fraction of sp³-hybridized carbons (Fsp3) is 0.393. The Morgan fingerprint density at radius 3 is 2.67 bits per heavy atom. The van der Waals surface area contributed by atoms with Crippen LogP contribution in [-0.2, 0) is 13.0 Å². The Kier molecular flexibility index (Phi) is 5.71. The molecule has 1 fully saturated rings. The van der Waals surface area contributed by atoms with Crippen LogP contribution in [0.25, 0.3) is 11.1 Å². The number of benzene rings is 2. The molecule has 3 aliphatic heterocycles. The summed E-state index contributed by atoms with van der Waals surface area (Å²) >= 11 is 0. The topological polar surface area (TPSA) is 70.6 Å². The molecule has 1 saturated heterocycles. The largest absolute Gasteiger partial charge is 0.355 e. The summed E-state index contributed by atoms with van der Waals surface area (Å²) in [6, 6.07) is 10.1. The van der Waals surface area contributed by atoms with E-state index in [0.717, 1.165) is 85.2 Å². The minimum absolute atomic E-state index is 0.205. The van der Waals surface area contributed by atoms with Gasteiger partial charge in [0.15, 0.2) is 17.5 Å². The third-order valence-electron chi connectivity index (χ3n) is 7.95. The summed E-state index contributed by atoms with van der Waals surface area (Å²) < 4.78 is 27.5. The summed E-state index contributed by atoms with van der Waals surface area (Å²) in [4.78, 5) is 19.1. The molecule has 8 heteroatoms. The fourth-order valence-corrected chi connectivity index (χ4v) is 5.56. The Morgan fingerprint density at radius 1 is 1.06 bits per heavy atom. The number of fused-ring (bicyclic) bond motifs is 2. The van der Waals surface area contributed by atoms with Crippen LogP contribution in [0.5, 0.6) is 0 Å². The molecule has 4 heterocycles. The van der Waals surface area contributed by atoms with Crippen molar-refractivity contribution in [2.24, 2.45) is 16.1 Å². The molecule has 36 heavy (non-hydrogen) atoms. The molecule has 0 aliphatic carbocycles. The maximum atomic E-state index is 14.0. The molecule has 1 aromatic heterocycles. The fourth-order valence-electron chi connectivity index (χ4n) is 5.56. The zero-order chi connectivity index (χ0) is 24.9. The van der Waals surface area contributed by atoms with E-state index in [-0.39, 0.29) is 5.41 Å². The standard InChI is InChI=1S/C28H30F2N6/c1-28(17-31)9-12-35(13-10-28)25-16-32-26-23(34-25)15-33-27(26)36-11-3-5-20-19(4-2-6-24(20)36)18-7-8-21(29)22(30)14-18/h2,4,6-8,14,16H,3,5,9-13,15,17,31H2,1H3. The van der Waals surface area contributed by atoms with Gasteiger partial charge >= 0.3 is 0 Å². The Bertz CT molecular complexity index is 1350. The molecule has 0 amide bonds. The van der Waals surface area contributed by atoms with Crippen LogP contribution in [0.2, 0.25) is 0 Å². The van der Waals surface area contributed by atoms with E-state index in [9.17, 15) is 8.78 Å². The summed E-state index contributed by atoms with van der Waals surface area (Å²) in [5, 5.41) is 0. The van der Waals surface area contributed by atoms with E-state index in [1.165, 1.54) is 12.1 Å². The molecule has 6 nitrogen and oxygen atoms in total. The molecule has 2 N–H and O–H groups in total. The van der Waals surface area contributed by atoms with Gasteiger partial charge in [0.25, 0.3) is 0 Å². The lowest BCUT2D eigenvalue weighted by Gasteiger charge is -2.39. The number of anilines is 2. The number of aromatic nitrogens is 2. The van der Waals surface area contributed by atoms with Crippen molar-refractivity contribution >= 4 is 17.3 Å². The highest BCUT2D eigenvalue weighted by molar-refractivity contribution is 6.11. The minimum Gasteiger partial charge on any atom is -0.355 e. The van der Waals surface area contributed by atoms with Gasteiger partial charge in [-0.3, -0.25) is 4.99 Å². The van der Waals surface area contributed by atoms with Gasteiger partial charge in [0, 0.05) is 25.3 Å². The molecule has 0 bridgehead atoms. The van der Waals surface area contributed by atoms with Crippen molar-refractivity contribution in [3.8, 4) is 11.1 Å². The van der Waals surface area contributed by atoms with E-state index in [1.54, 1.807) is 6.07 Å². The number of hydrogen-bond acceptors (Lipinski definition) is 6. The van der Waals surface area contributed by atoms with Gasteiger partial charge in [-0.05, 0) is 72.5 Å². The van der Waals surface area contributed by atoms with Crippen LogP contribution < -0.4 is 15.5 Å².